The predicted molar refractivity (Wildman–Crippen MR) is 86.3 cm³/mol. The molecule has 0 aliphatic carbocycles. The molecule has 1 aliphatic rings. The van der Waals surface area contributed by atoms with Crippen LogP contribution in [0.2, 0.25) is 16.6 Å². The van der Waals surface area contributed by atoms with E-state index in [4.69, 9.17) is 4.43 Å². The van der Waals surface area contributed by atoms with Crippen LogP contribution in [0, 0.1) is 0 Å². The van der Waals surface area contributed by atoms with E-state index in [9.17, 15) is 0 Å². The van der Waals surface area contributed by atoms with Crippen molar-refractivity contribution >= 4 is 8.32 Å². The van der Waals surface area contributed by atoms with Crippen LogP contribution in [0.4, 0.5) is 0 Å². The van der Waals surface area contributed by atoms with Gasteiger partial charge >= 0.3 is 0 Å². The van der Waals surface area contributed by atoms with Gasteiger partial charge in [0.25, 0.3) is 0 Å². The molecule has 0 aromatic carbocycles. The average molecular weight is 287 g/mol. The van der Waals surface area contributed by atoms with Crippen molar-refractivity contribution in [2.45, 2.75) is 58.2 Å². The van der Waals surface area contributed by atoms with E-state index in [2.05, 4.69) is 51.8 Å². The SMILES string of the molecule is CC(C)[Si](OCCN1CCNCC1)(C(C)C)C(C)C. The molecule has 0 atom stereocenters. The second kappa shape index (κ2) is 7.77. The average Bonchev–Trinajstić information content (AvgIpc) is 2.34. The van der Waals surface area contributed by atoms with Crippen LogP contribution in [0.1, 0.15) is 41.5 Å². The highest BCUT2D eigenvalue weighted by molar-refractivity contribution is 6.77. The minimum atomic E-state index is -1.65. The predicted octanol–water partition coefficient (Wildman–Crippen LogP) is 3.08. The van der Waals surface area contributed by atoms with E-state index >= 15 is 0 Å². The summed E-state index contributed by atoms with van der Waals surface area (Å²) in [4.78, 5) is 2.52. The molecule has 0 bridgehead atoms. The number of rotatable bonds is 7. The zero-order chi connectivity index (χ0) is 14.5. The summed E-state index contributed by atoms with van der Waals surface area (Å²) in [6.07, 6.45) is 0. The first-order valence-electron chi connectivity index (χ1n) is 7.98. The lowest BCUT2D eigenvalue weighted by Crippen LogP contribution is -2.50. The van der Waals surface area contributed by atoms with Crippen molar-refractivity contribution in [3.05, 3.63) is 0 Å². The third-order valence-electron chi connectivity index (χ3n) is 4.68. The second-order valence-electron chi connectivity index (χ2n) is 6.76. The van der Waals surface area contributed by atoms with Gasteiger partial charge in [-0.25, -0.2) is 0 Å². The summed E-state index contributed by atoms with van der Waals surface area (Å²) >= 11 is 0. The largest absolute Gasteiger partial charge is 0.415 e. The molecule has 4 heteroatoms. The Morgan fingerprint density at radius 2 is 1.42 bits per heavy atom. The van der Waals surface area contributed by atoms with Crippen LogP contribution >= 0.6 is 0 Å². The zero-order valence-electron chi connectivity index (χ0n) is 13.8. The van der Waals surface area contributed by atoms with Gasteiger partial charge < -0.3 is 9.74 Å². The van der Waals surface area contributed by atoms with Gasteiger partial charge in [0.2, 0.25) is 0 Å². The Hall–Kier alpha value is 0.0969. The minimum absolute atomic E-state index is 0.690. The van der Waals surface area contributed by atoms with Gasteiger partial charge in [0.05, 0.1) is 0 Å². The van der Waals surface area contributed by atoms with E-state index in [1.807, 2.05) is 0 Å². The van der Waals surface area contributed by atoms with Crippen molar-refractivity contribution in [3.8, 4) is 0 Å². The Bertz CT molecular complexity index is 229. The third-order valence-corrected chi connectivity index (χ3v) is 10.8. The van der Waals surface area contributed by atoms with Gasteiger partial charge in [-0.05, 0) is 16.6 Å². The Morgan fingerprint density at radius 1 is 0.947 bits per heavy atom. The van der Waals surface area contributed by atoms with E-state index in [1.54, 1.807) is 0 Å². The summed E-state index contributed by atoms with van der Waals surface area (Å²) in [5.41, 5.74) is 2.07. The van der Waals surface area contributed by atoms with Crippen molar-refractivity contribution in [3.63, 3.8) is 0 Å². The fourth-order valence-electron chi connectivity index (χ4n) is 3.79. The molecule has 1 aliphatic heterocycles. The van der Waals surface area contributed by atoms with Gasteiger partial charge in [0.1, 0.15) is 0 Å². The van der Waals surface area contributed by atoms with Crippen LogP contribution < -0.4 is 5.32 Å². The highest BCUT2D eigenvalue weighted by Gasteiger charge is 2.44. The number of hydrogen-bond donors (Lipinski definition) is 1. The molecule has 0 aromatic heterocycles. The van der Waals surface area contributed by atoms with Crippen LogP contribution in [-0.4, -0.2) is 52.5 Å². The molecule has 1 fully saturated rings. The van der Waals surface area contributed by atoms with E-state index in [0.29, 0.717) is 16.6 Å². The number of nitrogens with zero attached hydrogens (tertiary/aromatic N) is 1. The second-order valence-corrected chi connectivity index (χ2v) is 12.2. The molecule has 114 valence electrons. The van der Waals surface area contributed by atoms with Crippen LogP contribution in [0.15, 0.2) is 0 Å². The molecule has 0 spiro atoms. The summed E-state index contributed by atoms with van der Waals surface area (Å²) in [6, 6.07) is 0. The molecule has 0 amide bonds. The summed E-state index contributed by atoms with van der Waals surface area (Å²) in [5.74, 6) is 0. The molecule has 19 heavy (non-hydrogen) atoms. The maximum absolute atomic E-state index is 6.59. The maximum Gasteiger partial charge on any atom is 0.200 e. The Balaban J connectivity index is 2.52. The van der Waals surface area contributed by atoms with Crippen LogP contribution in [-0.2, 0) is 4.43 Å². The fraction of sp³-hybridized carbons (Fsp3) is 1.00. The van der Waals surface area contributed by atoms with Crippen molar-refractivity contribution in [2.24, 2.45) is 0 Å². The van der Waals surface area contributed by atoms with Crippen LogP contribution in [0.3, 0.4) is 0 Å². The number of nitrogens with one attached hydrogen (secondary N) is 1. The van der Waals surface area contributed by atoms with Gasteiger partial charge in [0, 0.05) is 39.3 Å². The number of hydrogen-bond acceptors (Lipinski definition) is 3. The first-order chi connectivity index (χ1) is 8.91. The quantitative estimate of drug-likeness (QED) is 0.728. The van der Waals surface area contributed by atoms with Crippen LogP contribution in [0.25, 0.3) is 0 Å². The van der Waals surface area contributed by atoms with Gasteiger partial charge in [-0.3, -0.25) is 4.90 Å². The van der Waals surface area contributed by atoms with E-state index in [-0.39, 0.29) is 0 Å². The Kier molecular flexibility index (Phi) is 7.01. The Morgan fingerprint density at radius 3 is 1.84 bits per heavy atom. The van der Waals surface area contributed by atoms with Crippen molar-refractivity contribution in [1.82, 2.24) is 10.2 Å². The van der Waals surface area contributed by atoms with Crippen molar-refractivity contribution in [1.29, 1.82) is 0 Å². The molecule has 0 radical (unpaired) electrons. The highest BCUT2D eigenvalue weighted by Crippen LogP contribution is 2.42. The van der Waals surface area contributed by atoms with E-state index in [0.717, 1.165) is 26.2 Å². The molecule has 1 saturated heterocycles. The molecule has 0 aromatic rings. The normalized spacial score (nSPS) is 18.8. The van der Waals surface area contributed by atoms with Crippen molar-refractivity contribution in [2.75, 3.05) is 39.3 Å². The van der Waals surface area contributed by atoms with Gasteiger partial charge in [0.15, 0.2) is 8.32 Å². The maximum atomic E-state index is 6.59. The van der Waals surface area contributed by atoms with Gasteiger partial charge in [-0.1, -0.05) is 41.5 Å². The molecule has 1 N–H and O–H groups in total. The first-order valence-corrected chi connectivity index (χ1v) is 10.1. The molecule has 0 unspecified atom stereocenters. The summed E-state index contributed by atoms with van der Waals surface area (Å²) in [5, 5.41) is 3.40. The first kappa shape index (κ1) is 17.1. The monoisotopic (exact) mass is 286 g/mol. The van der Waals surface area contributed by atoms with E-state index < -0.39 is 8.32 Å². The van der Waals surface area contributed by atoms with Gasteiger partial charge in [-0.2, -0.15) is 0 Å². The third kappa shape index (κ3) is 4.28. The minimum Gasteiger partial charge on any atom is -0.415 e. The Labute approximate surface area is 121 Å². The lowest BCUT2D eigenvalue weighted by atomic mass is 10.4. The smallest absolute Gasteiger partial charge is 0.200 e. The number of piperazine rings is 1. The highest BCUT2D eigenvalue weighted by atomic mass is 28.4. The van der Waals surface area contributed by atoms with Gasteiger partial charge in [-0.15, -0.1) is 0 Å². The molecule has 1 heterocycles. The lowest BCUT2D eigenvalue weighted by Gasteiger charge is -2.42. The topological polar surface area (TPSA) is 24.5 Å². The lowest BCUT2D eigenvalue weighted by molar-refractivity contribution is 0.179. The molecule has 0 saturated carbocycles. The zero-order valence-corrected chi connectivity index (χ0v) is 14.8. The molecular weight excluding hydrogens is 252 g/mol. The summed E-state index contributed by atoms with van der Waals surface area (Å²) in [7, 11) is -1.65. The molecule has 3 nitrogen and oxygen atoms in total. The summed E-state index contributed by atoms with van der Waals surface area (Å²) in [6.45, 7) is 20.8. The fourth-order valence-corrected chi connectivity index (χ4v) is 9.23. The molecular formula is C15H34N2OSi. The molecule has 1 rings (SSSR count). The summed E-state index contributed by atoms with van der Waals surface area (Å²) < 4.78 is 6.59. The van der Waals surface area contributed by atoms with E-state index in [1.165, 1.54) is 13.1 Å². The van der Waals surface area contributed by atoms with Crippen molar-refractivity contribution < 1.29 is 4.43 Å². The van der Waals surface area contributed by atoms with Crippen LogP contribution in [0.5, 0.6) is 0 Å². The standard InChI is InChI=1S/C15H34N2OSi/c1-13(2)19(14(3)4,15(5)6)18-12-11-17-9-7-16-8-10-17/h13-16H,7-12H2,1-6H3.